The highest BCUT2D eigenvalue weighted by molar-refractivity contribution is 5.89. The van der Waals surface area contributed by atoms with Crippen molar-refractivity contribution in [1.29, 1.82) is 0 Å². The first kappa shape index (κ1) is 13.9. The average molecular weight is 279 g/mol. The van der Waals surface area contributed by atoms with Crippen molar-refractivity contribution in [1.82, 2.24) is 15.1 Å². The first-order chi connectivity index (χ1) is 9.63. The molecule has 2 amide bonds. The van der Waals surface area contributed by atoms with Crippen molar-refractivity contribution in [3.05, 3.63) is 0 Å². The molecule has 0 radical (unpaired) electrons. The van der Waals surface area contributed by atoms with Gasteiger partial charge >= 0.3 is 0 Å². The highest BCUT2D eigenvalue weighted by Gasteiger charge is 2.41. The Balaban J connectivity index is 1.55. The lowest BCUT2D eigenvalue weighted by molar-refractivity contribution is -0.138. The highest BCUT2D eigenvalue weighted by Crippen LogP contribution is 2.37. The Morgan fingerprint density at radius 2 is 2.10 bits per heavy atom. The Labute approximate surface area is 120 Å². The number of hydrogen-bond acceptors (Lipinski definition) is 3. The quantitative estimate of drug-likeness (QED) is 0.799. The van der Waals surface area contributed by atoms with Crippen LogP contribution in [0.25, 0.3) is 0 Å². The number of hydrogen-bond donors (Lipinski definition) is 1. The lowest BCUT2D eigenvalue weighted by Gasteiger charge is -2.39. The Morgan fingerprint density at radius 3 is 2.65 bits per heavy atom. The maximum atomic E-state index is 12.5. The maximum Gasteiger partial charge on any atom is 0.227 e. The molecule has 20 heavy (non-hydrogen) atoms. The molecule has 0 aromatic carbocycles. The molecule has 112 valence electrons. The smallest absolute Gasteiger partial charge is 0.227 e. The summed E-state index contributed by atoms with van der Waals surface area (Å²) in [6.45, 7) is 7.29. The monoisotopic (exact) mass is 279 g/mol. The summed E-state index contributed by atoms with van der Waals surface area (Å²) in [4.78, 5) is 28.1. The van der Waals surface area contributed by atoms with Gasteiger partial charge in [0, 0.05) is 39.1 Å². The second-order valence-electron chi connectivity index (χ2n) is 6.59. The third kappa shape index (κ3) is 2.43. The molecule has 0 aromatic rings. The minimum atomic E-state index is -0.0989. The summed E-state index contributed by atoms with van der Waals surface area (Å²) in [5.41, 5.74) is 0.442. The van der Waals surface area contributed by atoms with Crippen LogP contribution in [-0.4, -0.2) is 60.9 Å². The van der Waals surface area contributed by atoms with E-state index < -0.39 is 0 Å². The second-order valence-corrected chi connectivity index (χ2v) is 6.59. The summed E-state index contributed by atoms with van der Waals surface area (Å²) in [5, 5.41) is 3.45. The number of carbonyl (C=O) groups is 2. The van der Waals surface area contributed by atoms with Gasteiger partial charge in [-0.1, -0.05) is 0 Å². The molecule has 3 aliphatic rings. The molecule has 1 atom stereocenters. The van der Waals surface area contributed by atoms with E-state index in [2.05, 4.69) is 5.32 Å². The standard InChI is InChI=1S/C15H25N3O2/c1-2-17-10-12(9-13(17)19)14(20)18-7-4-15(5-8-18)3-6-16-11-15/h12,16H,2-11H2,1H3. The van der Waals surface area contributed by atoms with Gasteiger partial charge in [-0.05, 0) is 38.1 Å². The van der Waals surface area contributed by atoms with Gasteiger partial charge in [0.05, 0.1) is 5.92 Å². The fourth-order valence-electron chi connectivity index (χ4n) is 3.93. The molecule has 0 bridgehead atoms. The van der Waals surface area contributed by atoms with Crippen LogP contribution in [0.1, 0.15) is 32.6 Å². The van der Waals surface area contributed by atoms with Crippen molar-refractivity contribution in [3.63, 3.8) is 0 Å². The van der Waals surface area contributed by atoms with Gasteiger partial charge in [0.1, 0.15) is 0 Å². The van der Waals surface area contributed by atoms with Crippen LogP contribution in [0.4, 0.5) is 0 Å². The maximum absolute atomic E-state index is 12.5. The van der Waals surface area contributed by atoms with Gasteiger partial charge in [-0.2, -0.15) is 0 Å². The average Bonchev–Trinajstić information content (AvgIpc) is 3.06. The van der Waals surface area contributed by atoms with Gasteiger partial charge in [0.2, 0.25) is 11.8 Å². The molecule has 1 N–H and O–H groups in total. The van der Waals surface area contributed by atoms with Crippen LogP contribution in [0.15, 0.2) is 0 Å². The molecular weight excluding hydrogens is 254 g/mol. The van der Waals surface area contributed by atoms with Crippen LogP contribution in [-0.2, 0) is 9.59 Å². The first-order valence-corrected chi connectivity index (χ1v) is 7.91. The molecule has 1 unspecified atom stereocenters. The van der Waals surface area contributed by atoms with Crippen molar-refractivity contribution >= 4 is 11.8 Å². The van der Waals surface area contributed by atoms with E-state index in [1.165, 1.54) is 6.42 Å². The van der Waals surface area contributed by atoms with Crippen LogP contribution in [0, 0.1) is 11.3 Å². The molecule has 3 heterocycles. The Morgan fingerprint density at radius 1 is 1.35 bits per heavy atom. The predicted octanol–water partition coefficient (Wildman–Crippen LogP) is 0.457. The first-order valence-electron chi connectivity index (χ1n) is 7.91. The van der Waals surface area contributed by atoms with E-state index >= 15 is 0 Å². The lowest BCUT2D eigenvalue weighted by atomic mass is 9.77. The zero-order chi connectivity index (χ0) is 14.2. The zero-order valence-corrected chi connectivity index (χ0v) is 12.4. The third-order valence-electron chi connectivity index (χ3n) is 5.41. The molecule has 3 fully saturated rings. The zero-order valence-electron chi connectivity index (χ0n) is 12.4. The normalized spacial score (nSPS) is 29.4. The van der Waals surface area contributed by atoms with Gasteiger partial charge in [0.15, 0.2) is 0 Å². The van der Waals surface area contributed by atoms with Crippen molar-refractivity contribution in [2.75, 3.05) is 39.3 Å². The van der Waals surface area contributed by atoms with Crippen molar-refractivity contribution in [2.24, 2.45) is 11.3 Å². The van der Waals surface area contributed by atoms with Gasteiger partial charge in [-0.25, -0.2) is 0 Å². The predicted molar refractivity (Wildman–Crippen MR) is 76.1 cm³/mol. The summed E-state index contributed by atoms with van der Waals surface area (Å²) in [6, 6.07) is 0. The van der Waals surface area contributed by atoms with E-state index in [-0.39, 0.29) is 17.7 Å². The Hall–Kier alpha value is -1.10. The van der Waals surface area contributed by atoms with Crippen LogP contribution >= 0.6 is 0 Å². The number of likely N-dealkylation sites (tertiary alicyclic amines) is 2. The van der Waals surface area contributed by atoms with Gasteiger partial charge in [-0.3, -0.25) is 9.59 Å². The topological polar surface area (TPSA) is 52.7 Å². The van der Waals surface area contributed by atoms with Crippen LogP contribution in [0.2, 0.25) is 0 Å². The number of rotatable bonds is 2. The minimum Gasteiger partial charge on any atom is -0.342 e. The summed E-state index contributed by atoms with van der Waals surface area (Å²) in [5.74, 6) is 0.243. The van der Waals surface area contributed by atoms with Gasteiger partial charge < -0.3 is 15.1 Å². The van der Waals surface area contributed by atoms with Gasteiger partial charge in [-0.15, -0.1) is 0 Å². The fraction of sp³-hybridized carbons (Fsp3) is 0.867. The van der Waals surface area contributed by atoms with Crippen molar-refractivity contribution in [2.45, 2.75) is 32.6 Å². The van der Waals surface area contributed by atoms with E-state index in [1.807, 2.05) is 11.8 Å². The van der Waals surface area contributed by atoms with Crippen LogP contribution in [0.5, 0.6) is 0 Å². The van der Waals surface area contributed by atoms with E-state index in [0.29, 0.717) is 18.4 Å². The molecule has 0 saturated carbocycles. The number of amides is 2. The number of piperidine rings is 1. The molecule has 3 aliphatic heterocycles. The second kappa shape index (κ2) is 5.35. The minimum absolute atomic E-state index is 0.0989. The molecule has 0 aromatic heterocycles. The fourth-order valence-corrected chi connectivity index (χ4v) is 3.93. The Bertz CT molecular complexity index is 394. The lowest BCUT2D eigenvalue weighted by Crippen LogP contribution is -2.46. The van der Waals surface area contributed by atoms with E-state index in [9.17, 15) is 9.59 Å². The van der Waals surface area contributed by atoms with Crippen molar-refractivity contribution in [3.8, 4) is 0 Å². The summed E-state index contributed by atoms with van der Waals surface area (Å²) in [6.07, 6.45) is 3.89. The van der Waals surface area contributed by atoms with Crippen LogP contribution in [0.3, 0.4) is 0 Å². The molecule has 3 saturated heterocycles. The SMILES string of the molecule is CCN1CC(C(=O)N2CCC3(CCNC3)CC2)CC1=O. The summed E-state index contributed by atoms with van der Waals surface area (Å²) in [7, 11) is 0. The molecular formula is C15H25N3O2. The molecule has 5 heteroatoms. The number of nitrogens with zero attached hydrogens (tertiary/aromatic N) is 2. The highest BCUT2D eigenvalue weighted by atomic mass is 16.2. The van der Waals surface area contributed by atoms with E-state index in [1.54, 1.807) is 4.90 Å². The summed E-state index contributed by atoms with van der Waals surface area (Å²) < 4.78 is 0. The van der Waals surface area contributed by atoms with E-state index in [0.717, 1.165) is 45.6 Å². The summed E-state index contributed by atoms with van der Waals surface area (Å²) >= 11 is 0. The van der Waals surface area contributed by atoms with E-state index in [4.69, 9.17) is 0 Å². The van der Waals surface area contributed by atoms with Gasteiger partial charge in [0.25, 0.3) is 0 Å². The molecule has 0 aliphatic carbocycles. The largest absolute Gasteiger partial charge is 0.342 e. The molecule has 1 spiro atoms. The van der Waals surface area contributed by atoms with Crippen molar-refractivity contribution < 1.29 is 9.59 Å². The molecule has 5 nitrogen and oxygen atoms in total. The van der Waals surface area contributed by atoms with Crippen LogP contribution < -0.4 is 5.32 Å². The third-order valence-corrected chi connectivity index (χ3v) is 5.41. The molecule has 3 rings (SSSR count). The Kier molecular flexibility index (Phi) is 3.71. The number of nitrogens with one attached hydrogen (secondary N) is 1. The number of carbonyl (C=O) groups excluding carboxylic acids is 2.